The van der Waals surface area contributed by atoms with Crippen molar-refractivity contribution in [3.63, 3.8) is 0 Å². The van der Waals surface area contributed by atoms with E-state index in [1.165, 1.54) is 24.5 Å². The maximum absolute atomic E-state index is 13.1. The molecule has 0 aliphatic carbocycles. The number of nitrogens with zero attached hydrogens (tertiary/aromatic N) is 3. The van der Waals surface area contributed by atoms with E-state index in [0.717, 1.165) is 11.6 Å². The molecule has 122 valence electrons. The van der Waals surface area contributed by atoms with Gasteiger partial charge in [-0.2, -0.15) is 18.3 Å². The molecule has 3 aromatic rings. The standard InChI is InChI=1S/C16H10ClF3N4/c17-11-6-12-14(24-23-9-10-2-1-4-21-8-10)3-5-22-15(12)13(7-11)16(18,19)20/h1-9H,(H,22,24)/b23-9+. The normalized spacial score (nSPS) is 12.0. The molecule has 0 fully saturated rings. The number of anilines is 1. The minimum atomic E-state index is -4.55. The SMILES string of the molecule is FC(F)(F)c1cc(Cl)cc2c(N/N=C/c3cccnc3)ccnc12. The Kier molecular flexibility index (Phi) is 4.35. The van der Waals surface area contributed by atoms with Crippen LogP contribution in [0.5, 0.6) is 0 Å². The molecule has 0 aliphatic heterocycles. The lowest BCUT2D eigenvalue weighted by Crippen LogP contribution is -2.07. The summed E-state index contributed by atoms with van der Waals surface area (Å²) in [7, 11) is 0. The summed E-state index contributed by atoms with van der Waals surface area (Å²) in [4.78, 5) is 7.77. The summed E-state index contributed by atoms with van der Waals surface area (Å²) in [6.45, 7) is 0. The molecule has 0 aliphatic rings. The fourth-order valence-electron chi connectivity index (χ4n) is 2.16. The first-order valence-electron chi connectivity index (χ1n) is 6.80. The Balaban J connectivity index is 2.00. The molecule has 0 atom stereocenters. The lowest BCUT2D eigenvalue weighted by atomic mass is 10.1. The van der Waals surface area contributed by atoms with Gasteiger partial charge >= 0.3 is 6.18 Å². The van der Waals surface area contributed by atoms with Crippen LogP contribution < -0.4 is 5.43 Å². The summed E-state index contributed by atoms with van der Waals surface area (Å²) in [5, 5.41) is 4.23. The van der Waals surface area contributed by atoms with E-state index in [9.17, 15) is 13.2 Å². The molecular weight excluding hydrogens is 341 g/mol. The molecule has 2 aromatic heterocycles. The van der Waals surface area contributed by atoms with Crippen LogP contribution in [0.1, 0.15) is 11.1 Å². The fraction of sp³-hybridized carbons (Fsp3) is 0.0625. The second kappa shape index (κ2) is 6.45. The summed E-state index contributed by atoms with van der Waals surface area (Å²) >= 11 is 5.83. The molecule has 1 N–H and O–H groups in total. The van der Waals surface area contributed by atoms with E-state index in [1.807, 2.05) is 0 Å². The van der Waals surface area contributed by atoms with E-state index in [1.54, 1.807) is 24.5 Å². The summed E-state index contributed by atoms with van der Waals surface area (Å²) < 4.78 is 39.4. The molecule has 0 spiro atoms. The van der Waals surface area contributed by atoms with Gasteiger partial charge in [0.2, 0.25) is 0 Å². The van der Waals surface area contributed by atoms with Gasteiger partial charge in [0.25, 0.3) is 0 Å². The molecule has 0 radical (unpaired) electrons. The average molecular weight is 351 g/mol. The molecular formula is C16H10ClF3N4. The van der Waals surface area contributed by atoms with Gasteiger partial charge in [0, 0.05) is 34.6 Å². The smallest absolute Gasteiger partial charge is 0.278 e. The Morgan fingerprint density at radius 3 is 2.71 bits per heavy atom. The molecule has 0 saturated heterocycles. The molecule has 8 heteroatoms. The number of aromatic nitrogens is 2. The Morgan fingerprint density at radius 2 is 2.00 bits per heavy atom. The summed E-state index contributed by atoms with van der Waals surface area (Å²) in [5.74, 6) is 0. The molecule has 0 saturated carbocycles. The highest BCUT2D eigenvalue weighted by Crippen LogP contribution is 2.37. The zero-order chi connectivity index (χ0) is 17.2. The number of pyridine rings is 2. The van der Waals surface area contributed by atoms with Gasteiger partial charge < -0.3 is 0 Å². The highest BCUT2D eigenvalue weighted by Gasteiger charge is 2.34. The van der Waals surface area contributed by atoms with E-state index >= 15 is 0 Å². The van der Waals surface area contributed by atoms with Crippen molar-refractivity contribution >= 4 is 34.4 Å². The maximum atomic E-state index is 13.1. The number of hydrogen-bond donors (Lipinski definition) is 1. The van der Waals surface area contributed by atoms with Crippen molar-refractivity contribution in [3.8, 4) is 0 Å². The quantitative estimate of drug-likeness (QED) is 0.548. The van der Waals surface area contributed by atoms with Crippen LogP contribution in [0.15, 0.2) is 54.0 Å². The second-order valence-corrected chi connectivity index (χ2v) is 5.30. The number of halogens is 4. The van der Waals surface area contributed by atoms with Gasteiger partial charge in [-0.15, -0.1) is 0 Å². The highest BCUT2D eigenvalue weighted by atomic mass is 35.5. The Bertz CT molecular complexity index is 895. The Hall–Kier alpha value is -2.67. The van der Waals surface area contributed by atoms with Gasteiger partial charge in [0.15, 0.2) is 0 Å². The van der Waals surface area contributed by atoms with Crippen molar-refractivity contribution in [2.24, 2.45) is 5.10 Å². The summed E-state index contributed by atoms with van der Waals surface area (Å²) in [6.07, 6.45) is 1.48. The van der Waals surface area contributed by atoms with Crippen molar-refractivity contribution < 1.29 is 13.2 Å². The van der Waals surface area contributed by atoms with Crippen LogP contribution in [0.3, 0.4) is 0 Å². The van der Waals surface area contributed by atoms with E-state index < -0.39 is 11.7 Å². The minimum absolute atomic E-state index is 0.0258. The Morgan fingerprint density at radius 1 is 1.17 bits per heavy atom. The van der Waals surface area contributed by atoms with Crippen molar-refractivity contribution in [3.05, 3.63) is 65.1 Å². The molecule has 4 nitrogen and oxygen atoms in total. The zero-order valence-electron chi connectivity index (χ0n) is 12.0. The molecule has 0 unspecified atom stereocenters. The number of rotatable bonds is 3. The number of benzene rings is 1. The fourth-order valence-corrected chi connectivity index (χ4v) is 2.38. The number of nitrogens with one attached hydrogen (secondary N) is 1. The van der Waals surface area contributed by atoms with Crippen molar-refractivity contribution in [1.82, 2.24) is 9.97 Å². The third-order valence-electron chi connectivity index (χ3n) is 3.20. The number of hydrogen-bond acceptors (Lipinski definition) is 4. The lowest BCUT2D eigenvalue weighted by molar-refractivity contribution is -0.136. The van der Waals surface area contributed by atoms with E-state index in [0.29, 0.717) is 5.69 Å². The van der Waals surface area contributed by atoms with Crippen LogP contribution in [0.4, 0.5) is 18.9 Å². The first-order chi connectivity index (χ1) is 11.4. The predicted molar refractivity (Wildman–Crippen MR) is 87.2 cm³/mol. The number of fused-ring (bicyclic) bond motifs is 1. The van der Waals surface area contributed by atoms with Crippen LogP contribution in [-0.4, -0.2) is 16.2 Å². The largest absolute Gasteiger partial charge is 0.418 e. The third kappa shape index (κ3) is 3.46. The topological polar surface area (TPSA) is 50.2 Å². The van der Waals surface area contributed by atoms with Crippen LogP contribution in [0.2, 0.25) is 5.02 Å². The van der Waals surface area contributed by atoms with Crippen LogP contribution >= 0.6 is 11.6 Å². The summed E-state index contributed by atoms with van der Waals surface area (Å²) in [5.41, 5.74) is 2.76. The first-order valence-corrected chi connectivity index (χ1v) is 7.17. The average Bonchev–Trinajstić information content (AvgIpc) is 2.55. The highest BCUT2D eigenvalue weighted by molar-refractivity contribution is 6.31. The third-order valence-corrected chi connectivity index (χ3v) is 3.42. The van der Waals surface area contributed by atoms with Gasteiger partial charge in [0.05, 0.1) is 23.0 Å². The van der Waals surface area contributed by atoms with Crippen molar-refractivity contribution in [2.75, 3.05) is 5.43 Å². The Labute approximate surface area is 140 Å². The molecule has 24 heavy (non-hydrogen) atoms. The predicted octanol–water partition coefficient (Wildman–Crippen LogP) is 4.75. The zero-order valence-corrected chi connectivity index (χ0v) is 12.8. The van der Waals surface area contributed by atoms with Crippen LogP contribution in [0, 0.1) is 0 Å². The number of hydrazone groups is 1. The van der Waals surface area contributed by atoms with Gasteiger partial charge in [-0.1, -0.05) is 17.7 Å². The summed E-state index contributed by atoms with van der Waals surface area (Å²) in [6, 6.07) is 7.35. The van der Waals surface area contributed by atoms with E-state index in [2.05, 4.69) is 20.5 Å². The van der Waals surface area contributed by atoms with Gasteiger partial charge in [-0.3, -0.25) is 15.4 Å². The molecule has 3 rings (SSSR count). The van der Waals surface area contributed by atoms with Crippen LogP contribution in [0.25, 0.3) is 10.9 Å². The monoisotopic (exact) mass is 350 g/mol. The molecule has 1 aromatic carbocycles. The van der Waals surface area contributed by atoms with Crippen LogP contribution in [-0.2, 0) is 6.18 Å². The second-order valence-electron chi connectivity index (χ2n) is 4.86. The first kappa shape index (κ1) is 16.2. The van der Waals surface area contributed by atoms with E-state index in [4.69, 9.17) is 11.6 Å². The van der Waals surface area contributed by atoms with Gasteiger partial charge in [-0.25, -0.2) is 0 Å². The maximum Gasteiger partial charge on any atom is 0.418 e. The number of alkyl halides is 3. The van der Waals surface area contributed by atoms with Crippen molar-refractivity contribution in [1.29, 1.82) is 0 Å². The lowest BCUT2D eigenvalue weighted by Gasteiger charge is -2.12. The van der Waals surface area contributed by atoms with E-state index in [-0.39, 0.29) is 15.9 Å². The minimum Gasteiger partial charge on any atom is -0.278 e. The van der Waals surface area contributed by atoms with Gasteiger partial charge in [0.1, 0.15) is 0 Å². The molecule has 0 bridgehead atoms. The molecule has 0 amide bonds. The molecule has 2 heterocycles. The van der Waals surface area contributed by atoms with Crippen molar-refractivity contribution in [2.45, 2.75) is 6.18 Å². The van der Waals surface area contributed by atoms with Gasteiger partial charge in [-0.05, 0) is 24.3 Å².